The molecule has 1 N–H and O–H groups in total. The SMILES string of the molecule is CC(C)(C)c1ccc(=O)n(CC2CCCN2C(=O)c2c[nH]c3ncccc23)n1. The quantitative estimate of drug-likeness (QED) is 0.758. The minimum atomic E-state index is -0.141. The molecule has 3 aromatic heterocycles. The van der Waals surface area contributed by atoms with Gasteiger partial charge in [0.2, 0.25) is 0 Å². The Kier molecular flexibility index (Phi) is 4.53. The molecule has 0 radical (unpaired) electrons. The van der Waals surface area contributed by atoms with Crippen LogP contribution in [0.15, 0.2) is 41.5 Å². The normalized spacial score (nSPS) is 17.4. The standard InChI is InChI=1S/C21H25N5O2/c1-21(2,3)17-8-9-18(27)26(24-17)13-14-6-5-11-25(14)20(28)16-12-23-19-15(16)7-4-10-22-19/h4,7-10,12,14H,5-6,11,13H2,1-3H3,(H,22,23). The van der Waals surface area contributed by atoms with Crippen molar-refractivity contribution in [2.24, 2.45) is 0 Å². The predicted molar refractivity (Wildman–Crippen MR) is 107 cm³/mol. The van der Waals surface area contributed by atoms with Crippen LogP contribution in [0, 0.1) is 0 Å². The molecule has 4 rings (SSSR count). The van der Waals surface area contributed by atoms with E-state index in [1.807, 2.05) is 17.0 Å². The topological polar surface area (TPSA) is 83.9 Å². The summed E-state index contributed by atoms with van der Waals surface area (Å²) < 4.78 is 1.51. The number of amides is 1. The maximum absolute atomic E-state index is 13.2. The zero-order valence-corrected chi connectivity index (χ0v) is 16.5. The molecule has 1 unspecified atom stereocenters. The van der Waals surface area contributed by atoms with Crippen LogP contribution in [0.2, 0.25) is 0 Å². The van der Waals surface area contributed by atoms with Gasteiger partial charge in [-0.25, -0.2) is 9.67 Å². The molecule has 1 amide bonds. The summed E-state index contributed by atoms with van der Waals surface area (Å²) in [7, 11) is 0. The zero-order chi connectivity index (χ0) is 19.9. The van der Waals surface area contributed by atoms with Crippen LogP contribution in [0.25, 0.3) is 11.0 Å². The van der Waals surface area contributed by atoms with Crippen molar-refractivity contribution in [3.05, 3.63) is 58.3 Å². The number of hydrogen-bond acceptors (Lipinski definition) is 4. The molecule has 0 bridgehead atoms. The number of aromatic nitrogens is 4. The van der Waals surface area contributed by atoms with Crippen LogP contribution in [0.3, 0.4) is 0 Å². The lowest BCUT2D eigenvalue weighted by Gasteiger charge is -2.25. The number of H-pyrrole nitrogens is 1. The second-order valence-electron chi connectivity index (χ2n) is 8.39. The third-order valence-electron chi connectivity index (χ3n) is 5.34. The maximum Gasteiger partial charge on any atom is 0.266 e. The van der Waals surface area contributed by atoms with Crippen molar-refractivity contribution in [3.63, 3.8) is 0 Å². The first-order valence-electron chi connectivity index (χ1n) is 9.66. The van der Waals surface area contributed by atoms with E-state index in [1.165, 1.54) is 4.68 Å². The van der Waals surface area contributed by atoms with Gasteiger partial charge in [-0.1, -0.05) is 20.8 Å². The van der Waals surface area contributed by atoms with Gasteiger partial charge in [0.15, 0.2) is 0 Å². The Morgan fingerprint density at radius 2 is 2.11 bits per heavy atom. The minimum Gasteiger partial charge on any atom is -0.345 e. The van der Waals surface area contributed by atoms with Crippen molar-refractivity contribution < 1.29 is 4.79 Å². The molecule has 3 aromatic rings. The van der Waals surface area contributed by atoms with Crippen molar-refractivity contribution in [2.75, 3.05) is 6.54 Å². The summed E-state index contributed by atoms with van der Waals surface area (Å²) >= 11 is 0. The lowest BCUT2D eigenvalue weighted by Crippen LogP contribution is -2.41. The van der Waals surface area contributed by atoms with Crippen molar-refractivity contribution in [1.29, 1.82) is 0 Å². The van der Waals surface area contributed by atoms with Gasteiger partial charge in [-0.3, -0.25) is 9.59 Å². The van der Waals surface area contributed by atoms with Crippen molar-refractivity contribution in [1.82, 2.24) is 24.6 Å². The Balaban J connectivity index is 1.61. The van der Waals surface area contributed by atoms with Gasteiger partial charge >= 0.3 is 0 Å². The molecule has 1 atom stereocenters. The maximum atomic E-state index is 13.2. The molecule has 1 fully saturated rings. The van der Waals surface area contributed by atoms with Crippen LogP contribution >= 0.6 is 0 Å². The molecule has 1 aliphatic heterocycles. The number of carbonyl (C=O) groups is 1. The predicted octanol–water partition coefficient (Wildman–Crippen LogP) is 2.72. The van der Waals surface area contributed by atoms with Gasteiger partial charge in [0.05, 0.1) is 23.8 Å². The lowest BCUT2D eigenvalue weighted by atomic mass is 9.92. The largest absolute Gasteiger partial charge is 0.345 e. The summed E-state index contributed by atoms with van der Waals surface area (Å²) in [5.41, 5.74) is 1.92. The van der Waals surface area contributed by atoms with E-state index in [0.29, 0.717) is 24.3 Å². The highest BCUT2D eigenvalue weighted by molar-refractivity contribution is 6.06. The Bertz CT molecular complexity index is 1080. The molecule has 146 valence electrons. The van der Waals surface area contributed by atoms with Gasteiger partial charge in [-0.15, -0.1) is 0 Å². The van der Waals surface area contributed by atoms with Crippen molar-refractivity contribution in [2.45, 2.75) is 51.6 Å². The fraction of sp³-hybridized carbons (Fsp3) is 0.429. The van der Waals surface area contributed by atoms with E-state index >= 15 is 0 Å². The summed E-state index contributed by atoms with van der Waals surface area (Å²) in [5.74, 6) is -0.0261. The number of rotatable bonds is 3. The lowest BCUT2D eigenvalue weighted by molar-refractivity contribution is 0.0722. The Labute approximate surface area is 163 Å². The van der Waals surface area contributed by atoms with Crippen molar-refractivity contribution >= 4 is 16.9 Å². The Morgan fingerprint density at radius 3 is 2.89 bits per heavy atom. The monoisotopic (exact) mass is 379 g/mol. The van der Waals surface area contributed by atoms with Crippen LogP contribution in [0.5, 0.6) is 0 Å². The molecule has 1 saturated heterocycles. The molecule has 7 nitrogen and oxygen atoms in total. The summed E-state index contributed by atoms with van der Waals surface area (Å²) in [5, 5.41) is 5.39. The summed E-state index contributed by atoms with van der Waals surface area (Å²) in [6.07, 6.45) is 5.21. The highest BCUT2D eigenvalue weighted by atomic mass is 16.2. The van der Waals surface area contributed by atoms with E-state index < -0.39 is 0 Å². The van der Waals surface area contributed by atoms with E-state index in [1.54, 1.807) is 24.5 Å². The fourth-order valence-electron chi connectivity index (χ4n) is 3.76. The highest BCUT2D eigenvalue weighted by Gasteiger charge is 2.31. The third-order valence-corrected chi connectivity index (χ3v) is 5.34. The van der Waals surface area contributed by atoms with E-state index in [0.717, 1.165) is 23.9 Å². The first kappa shape index (κ1) is 18.4. The third kappa shape index (κ3) is 3.32. The second kappa shape index (κ2) is 6.89. The average Bonchev–Trinajstić information content (AvgIpc) is 3.29. The summed E-state index contributed by atoms with van der Waals surface area (Å²) in [6.45, 7) is 7.31. The molecule has 0 saturated carbocycles. The molecule has 7 heteroatoms. The average molecular weight is 379 g/mol. The molecule has 1 aliphatic rings. The van der Waals surface area contributed by atoms with Gasteiger partial charge in [-0.2, -0.15) is 5.10 Å². The zero-order valence-electron chi connectivity index (χ0n) is 16.5. The van der Waals surface area contributed by atoms with Crippen LogP contribution < -0.4 is 5.56 Å². The number of hydrogen-bond donors (Lipinski definition) is 1. The van der Waals surface area contributed by atoms with E-state index in [9.17, 15) is 9.59 Å². The fourth-order valence-corrected chi connectivity index (χ4v) is 3.76. The van der Waals surface area contributed by atoms with Crippen LogP contribution in [-0.4, -0.2) is 43.1 Å². The number of nitrogens with one attached hydrogen (secondary N) is 1. The number of pyridine rings is 1. The molecule has 28 heavy (non-hydrogen) atoms. The van der Waals surface area contributed by atoms with Gasteiger partial charge in [0, 0.05) is 35.8 Å². The first-order valence-corrected chi connectivity index (χ1v) is 9.66. The van der Waals surface area contributed by atoms with Gasteiger partial charge < -0.3 is 9.88 Å². The van der Waals surface area contributed by atoms with E-state index in [-0.39, 0.29) is 22.9 Å². The molecular formula is C21H25N5O2. The molecule has 4 heterocycles. The van der Waals surface area contributed by atoms with Crippen molar-refractivity contribution in [3.8, 4) is 0 Å². The first-order chi connectivity index (χ1) is 13.3. The summed E-state index contributed by atoms with van der Waals surface area (Å²) in [6, 6.07) is 7.04. The van der Waals surface area contributed by atoms with E-state index in [2.05, 4.69) is 35.8 Å². The number of aromatic amines is 1. The molecule has 0 aromatic carbocycles. The molecule has 0 aliphatic carbocycles. The molecular weight excluding hydrogens is 354 g/mol. The molecule has 0 spiro atoms. The summed E-state index contributed by atoms with van der Waals surface area (Å²) in [4.78, 5) is 34.7. The Hall–Kier alpha value is -2.96. The Morgan fingerprint density at radius 1 is 1.29 bits per heavy atom. The van der Waals surface area contributed by atoms with Crippen LogP contribution in [-0.2, 0) is 12.0 Å². The van der Waals surface area contributed by atoms with E-state index in [4.69, 9.17) is 0 Å². The number of likely N-dealkylation sites (tertiary alicyclic amines) is 1. The highest BCUT2D eigenvalue weighted by Crippen LogP contribution is 2.25. The number of carbonyl (C=O) groups excluding carboxylic acids is 1. The number of fused-ring (bicyclic) bond motifs is 1. The van der Waals surface area contributed by atoms with Crippen LogP contribution in [0.4, 0.5) is 0 Å². The van der Waals surface area contributed by atoms with Gasteiger partial charge in [0.25, 0.3) is 11.5 Å². The van der Waals surface area contributed by atoms with Crippen LogP contribution in [0.1, 0.15) is 49.7 Å². The van der Waals surface area contributed by atoms with Gasteiger partial charge in [-0.05, 0) is 31.0 Å². The van der Waals surface area contributed by atoms with Gasteiger partial charge in [0.1, 0.15) is 5.65 Å². The minimum absolute atomic E-state index is 0.0261. The smallest absolute Gasteiger partial charge is 0.266 e. The second-order valence-corrected chi connectivity index (χ2v) is 8.39. The number of nitrogens with zero attached hydrogens (tertiary/aromatic N) is 4.